The van der Waals surface area contributed by atoms with E-state index in [0.717, 1.165) is 17.8 Å². The van der Waals surface area contributed by atoms with Gasteiger partial charge in [0.05, 0.1) is 11.3 Å². The van der Waals surface area contributed by atoms with Crippen LogP contribution in [-0.2, 0) is 10.0 Å². The number of thiophene rings is 1. The molecule has 0 fully saturated rings. The first-order chi connectivity index (χ1) is 10.8. The summed E-state index contributed by atoms with van der Waals surface area (Å²) in [6.07, 6.45) is 0.769. The monoisotopic (exact) mass is 354 g/mol. The van der Waals surface area contributed by atoms with E-state index in [0.29, 0.717) is 0 Å². The van der Waals surface area contributed by atoms with Crippen molar-refractivity contribution in [1.29, 1.82) is 0 Å². The van der Waals surface area contributed by atoms with Crippen LogP contribution in [0.3, 0.4) is 0 Å². The molecule has 0 aliphatic heterocycles. The fraction of sp³-hybridized carbons (Fsp3) is 0.267. The number of hydrogen-bond acceptors (Lipinski definition) is 5. The lowest BCUT2D eigenvalue weighted by Gasteiger charge is -2.13. The molecule has 2 rings (SSSR count). The van der Waals surface area contributed by atoms with Gasteiger partial charge in [0.25, 0.3) is 15.9 Å². The highest BCUT2D eigenvalue weighted by Crippen LogP contribution is 2.25. The van der Waals surface area contributed by atoms with Gasteiger partial charge in [-0.1, -0.05) is 13.0 Å². The average Bonchev–Trinajstić information content (AvgIpc) is 3.01. The number of benzene rings is 1. The van der Waals surface area contributed by atoms with Gasteiger partial charge in [-0.3, -0.25) is 9.52 Å². The molecule has 0 radical (unpaired) electrons. The number of rotatable bonds is 6. The zero-order valence-corrected chi connectivity index (χ0v) is 14.4. The fourth-order valence-electron chi connectivity index (χ4n) is 1.81. The minimum atomic E-state index is -3.69. The summed E-state index contributed by atoms with van der Waals surface area (Å²) in [4.78, 5) is 12.0. The highest BCUT2D eigenvalue weighted by Gasteiger charge is 2.18. The summed E-state index contributed by atoms with van der Waals surface area (Å²) in [7, 11) is -3.69. The van der Waals surface area contributed by atoms with Crippen LogP contribution in [0.15, 0.2) is 39.9 Å². The van der Waals surface area contributed by atoms with Crippen LogP contribution in [0.1, 0.15) is 30.6 Å². The Hall–Kier alpha value is -2.06. The highest BCUT2D eigenvalue weighted by atomic mass is 32.2. The van der Waals surface area contributed by atoms with Gasteiger partial charge in [-0.15, -0.1) is 11.3 Å². The van der Waals surface area contributed by atoms with E-state index in [4.69, 9.17) is 0 Å². The van der Waals surface area contributed by atoms with Crippen molar-refractivity contribution in [3.05, 3.63) is 41.3 Å². The maximum atomic E-state index is 12.1. The molecule has 0 spiro atoms. The quantitative estimate of drug-likeness (QED) is 0.743. The lowest BCUT2D eigenvalue weighted by atomic mass is 10.1. The zero-order valence-electron chi connectivity index (χ0n) is 12.7. The maximum Gasteiger partial charge on any atom is 0.271 e. The number of carbonyl (C=O) groups is 1. The van der Waals surface area contributed by atoms with Crippen LogP contribution < -0.4 is 10.0 Å². The molecule has 6 nitrogen and oxygen atoms in total. The van der Waals surface area contributed by atoms with Gasteiger partial charge < -0.3 is 10.4 Å². The van der Waals surface area contributed by atoms with Crippen LogP contribution in [0, 0.1) is 0 Å². The van der Waals surface area contributed by atoms with Crippen LogP contribution in [0.25, 0.3) is 0 Å². The topological polar surface area (TPSA) is 95.5 Å². The predicted molar refractivity (Wildman–Crippen MR) is 90.5 cm³/mol. The minimum Gasteiger partial charge on any atom is -0.507 e. The average molecular weight is 354 g/mol. The predicted octanol–water partition coefficient (Wildman–Crippen LogP) is 2.78. The van der Waals surface area contributed by atoms with Crippen molar-refractivity contribution >= 4 is 33.0 Å². The second kappa shape index (κ2) is 7.01. The first-order valence-electron chi connectivity index (χ1n) is 7.03. The van der Waals surface area contributed by atoms with Gasteiger partial charge in [0.2, 0.25) is 0 Å². The van der Waals surface area contributed by atoms with E-state index in [1.165, 1.54) is 24.3 Å². The Morgan fingerprint density at radius 2 is 2.09 bits per heavy atom. The molecule has 23 heavy (non-hydrogen) atoms. The lowest BCUT2D eigenvalue weighted by Crippen LogP contribution is -2.31. The summed E-state index contributed by atoms with van der Waals surface area (Å²) in [6, 6.07) is 7.16. The number of nitrogens with one attached hydrogen (secondary N) is 2. The second-order valence-electron chi connectivity index (χ2n) is 5.05. The molecule has 1 aromatic carbocycles. The van der Waals surface area contributed by atoms with E-state index < -0.39 is 15.9 Å². The van der Waals surface area contributed by atoms with Crippen LogP contribution in [0.4, 0.5) is 5.69 Å². The molecule has 124 valence electrons. The Kier molecular flexibility index (Phi) is 5.27. The van der Waals surface area contributed by atoms with Crippen molar-refractivity contribution in [3.63, 3.8) is 0 Å². The Bertz CT molecular complexity index is 786. The van der Waals surface area contributed by atoms with Crippen molar-refractivity contribution in [1.82, 2.24) is 5.32 Å². The van der Waals surface area contributed by atoms with Crippen molar-refractivity contribution in [2.24, 2.45) is 0 Å². The van der Waals surface area contributed by atoms with Gasteiger partial charge in [-0.25, -0.2) is 8.42 Å². The van der Waals surface area contributed by atoms with Crippen molar-refractivity contribution in [2.75, 3.05) is 4.72 Å². The number of aromatic hydroxyl groups is 1. The molecule has 3 N–H and O–H groups in total. The zero-order chi connectivity index (χ0) is 17.0. The number of phenolic OH excluding ortho intramolecular Hbond substituents is 1. The SMILES string of the molecule is CCC(C)NC(=O)c1ccc(NS(=O)(=O)c2cccs2)cc1O. The van der Waals surface area contributed by atoms with Gasteiger partial charge in [-0.2, -0.15) is 0 Å². The Labute approximate surface area is 139 Å². The van der Waals surface area contributed by atoms with E-state index in [1.807, 2.05) is 13.8 Å². The number of hydrogen-bond donors (Lipinski definition) is 3. The fourth-order valence-corrected chi connectivity index (χ4v) is 3.85. The lowest BCUT2D eigenvalue weighted by molar-refractivity contribution is 0.0936. The molecule has 0 bridgehead atoms. The van der Waals surface area contributed by atoms with E-state index in [-0.39, 0.29) is 27.3 Å². The molecule has 0 saturated carbocycles. The molecule has 1 aromatic heterocycles. The largest absolute Gasteiger partial charge is 0.507 e. The molecule has 1 unspecified atom stereocenters. The number of anilines is 1. The van der Waals surface area contributed by atoms with Crippen LogP contribution >= 0.6 is 11.3 Å². The molecule has 0 aliphatic carbocycles. The molecule has 1 heterocycles. The van der Waals surface area contributed by atoms with Crippen LogP contribution in [0.5, 0.6) is 5.75 Å². The maximum absolute atomic E-state index is 12.1. The summed E-state index contributed by atoms with van der Waals surface area (Å²) in [5.74, 6) is -0.679. The number of carbonyl (C=O) groups excluding carboxylic acids is 1. The first-order valence-corrected chi connectivity index (χ1v) is 9.40. The Balaban J connectivity index is 2.18. The normalized spacial score (nSPS) is 12.6. The van der Waals surface area contributed by atoms with E-state index in [9.17, 15) is 18.3 Å². The summed E-state index contributed by atoms with van der Waals surface area (Å²) in [5, 5.41) is 14.4. The van der Waals surface area contributed by atoms with Crippen molar-refractivity contribution in [3.8, 4) is 5.75 Å². The Morgan fingerprint density at radius 1 is 1.35 bits per heavy atom. The summed E-state index contributed by atoms with van der Waals surface area (Å²) in [5.41, 5.74) is 0.292. The van der Waals surface area contributed by atoms with E-state index >= 15 is 0 Å². The number of sulfonamides is 1. The highest BCUT2D eigenvalue weighted by molar-refractivity contribution is 7.94. The van der Waals surface area contributed by atoms with Gasteiger partial charge in [-0.05, 0) is 36.9 Å². The van der Waals surface area contributed by atoms with Gasteiger partial charge >= 0.3 is 0 Å². The number of phenols is 1. The van der Waals surface area contributed by atoms with Gasteiger partial charge in [0, 0.05) is 12.1 Å². The molecular formula is C15H18N2O4S2. The molecule has 1 atom stereocenters. The molecule has 2 aromatic rings. The summed E-state index contributed by atoms with van der Waals surface area (Å²) >= 11 is 1.09. The molecular weight excluding hydrogens is 336 g/mol. The third-order valence-electron chi connectivity index (χ3n) is 3.24. The second-order valence-corrected chi connectivity index (χ2v) is 7.91. The molecule has 8 heteroatoms. The van der Waals surface area contributed by atoms with E-state index in [2.05, 4.69) is 10.0 Å². The molecule has 1 amide bonds. The smallest absolute Gasteiger partial charge is 0.271 e. The molecule has 0 aliphatic rings. The van der Waals surface area contributed by atoms with Crippen LogP contribution in [0.2, 0.25) is 0 Å². The van der Waals surface area contributed by atoms with Crippen LogP contribution in [-0.4, -0.2) is 25.5 Å². The van der Waals surface area contributed by atoms with E-state index in [1.54, 1.807) is 11.4 Å². The van der Waals surface area contributed by atoms with Crippen molar-refractivity contribution in [2.45, 2.75) is 30.5 Å². The minimum absolute atomic E-state index is 0.0149. The van der Waals surface area contributed by atoms with Gasteiger partial charge in [0.15, 0.2) is 0 Å². The third kappa shape index (κ3) is 4.23. The van der Waals surface area contributed by atoms with Gasteiger partial charge in [0.1, 0.15) is 9.96 Å². The Morgan fingerprint density at radius 3 is 2.65 bits per heavy atom. The standard InChI is InChI=1S/C15H18N2O4S2/c1-3-10(2)16-15(19)12-7-6-11(9-13(12)18)17-23(20,21)14-5-4-8-22-14/h4-10,17-18H,3H2,1-2H3,(H,16,19). The van der Waals surface area contributed by atoms with Crippen molar-refractivity contribution < 1.29 is 18.3 Å². The summed E-state index contributed by atoms with van der Waals surface area (Å²) < 4.78 is 26.8. The third-order valence-corrected chi connectivity index (χ3v) is 6.02. The first kappa shape index (κ1) is 17.3. The molecule has 0 saturated heterocycles. The summed E-state index contributed by atoms with van der Waals surface area (Å²) in [6.45, 7) is 3.80. The number of amides is 1.